The molecule has 0 aliphatic heterocycles. The lowest BCUT2D eigenvalue weighted by Crippen LogP contribution is -2.21. The number of benzene rings is 2. The van der Waals surface area contributed by atoms with Crippen molar-refractivity contribution in [2.45, 2.75) is 20.8 Å². The average molecular weight is 379 g/mol. The molecule has 0 radical (unpaired) electrons. The highest BCUT2D eigenvalue weighted by Gasteiger charge is 2.18. The number of anilines is 1. The predicted molar refractivity (Wildman–Crippen MR) is 105 cm³/mol. The number of carbonyl (C=O) groups is 2. The van der Waals surface area contributed by atoms with Gasteiger partial charge < -0.3 is 15.2 Å². The highest BCUT2D eigenvalue weighted by molar-refractivity contribution is 5.97. The molecule has 0 spiro atoms. The molecule has 2 N–H and O–H groups in total. The zero-order valence-electron chi connectivity index (χ0n) is 15.9. The zero-order valence-corrected chi connectivity index (χ0v) is 15.9. The first-order chi connectivity index (χ1) is 13.4. The lowest BCUT2D eigenvalue weighted by atomic mass is 10.1. The summed E-state index contributed by atoms with van der Waals surface area (Å²) in [5.74, 6) is -1.43. The molecule has 1 heterocycles. The summed E-state index contributed by atoms with van der Waals surface area (Å²) in [5.41, 5.74) is 3.69. The Morgan fingerprint density at radius 2 is 1.82 bits per heavy atom. The molecular weight excluding hydrogens is 358 g/mol. The van der Waals surface area contributed by atoms with Crippen LogP contribution in [0.1, 0.15) is 27.3 Å². The van der Waals surface area contributed by atoms with E-state index in [0.29, 0.717) is 11.4 Å². The topological polar surface area (TPSA) is 93.5 Å². The SMILES string of the molecule is Cc1ccc(C(=O)OCC(=O)Nc2c(C)nn(-c3ccccc3)c2C)c(O)c1. The summed E-state index contributed by atoms with van der Waals surface area (Å²) in [4.78, 5) is 24.3. The molecule has 7 nitrogen and oxygen atoms in total. The van der Waals surface area contributed by atoms with Crippen molar-refractivity contribution in [1.82, 2.24) is 9.78 Å². The van der Waals surface area contributed by atoms with Gasteiger partial charge in [0.05, 0.1) is 22.8 Å². The van der Waals surface area contributed by atoms with E-state index in [2.05, 4.69) is 10.4 Å². The summed E-state index contributed by atoms with van der Waals surface area (Å²) < 4.78 is 6.75. The number of para-hydroxylation sites is 1. The molecule has 0 aliphatic carbocycles. The molecule has 0 unspecified atom stereocenters. The van der Waals surface area contributed by atoms with Gasteiger partial charge in [-0.15, -0.1) is 0 Å². The van der Waals surface area contributed by atoms with E-state index in [-0.39, 0.29) is 11.3 Å². The fraction of sp³-hybridized carbons (Fsp3) is 0.190. The number of phenols is 1. The average Bonchev–Trinajstić information content (AvgIpc) is 2.95. The van der Waals surface area contributed by atoms with E-state index < -0.39 is 18.5 Å². The van der Waals surface area contributed by atoms with Crippen LogP contribution in [0, 0.1) is 20.8 Å². The van der Waals surface area contributed by atoms with Crippen LogP contribution in [-0.2, 0) is 9.53 Å². The number of hydrogen-bond acceptors (Lipinski definition) is 5. The summed E-state index contributed by atoms with van der Waals surface area (Å²) in [6.07, 6.45) is 0. The Morgan fingerprint density at radius 3 is 2.50 bits per heavy atom. The summed E-state index contributed by atoms with van der Waals surface area (Å²) in [7, 11) is 0. The zero-order chi connectivity index (χ0) is 20.3. The van der Waals surface area contributed by atoms with Crippen LogP contribution in [0.25, 0.3) is 5.69 Å². The van der Waals surface area contributed by atoms with Crippen LogP contribution in [0.4, 0.5) is 5.69 Å². The molecule has 2 aromatic carbocycles. The lowest BCUT2D eigenvalue weighted by Gasteiger charge is -2.09. The molecule has 0 atom stereocenters. The van der Waals surface area contributed by atoms with Crippen LogP contribution in [0.2, 0.25) is 0 Å². The second-order valence-corrected chi connectivity index (χ2v) is 6.44. The molecule has 3 aromatic rings. The molecular formula is C21H21N3O4. The summed E-state index contributed by atoms with van der Waals surface area (Å²) in [6, 6.07) is 14.2. The van der Waals surface area contributed by atoms with E-state index in [9.17, 15) is 14.7 Å². The molecule has 0 fully saturated rings. The number of nitrogens with zero attached hydrogens (tertiary/aromatic N) is 2. The summed E-state index contributed by atoms with van der Waals surface area (Å²) in [5, 5.41) is 17.0. The van der Waals surface area contributed by atoms with E-state index >= 15 is 0 Å². The predicted octanol–water partition coefficient (Wildman–Crippen LogP) is 3.30. The molecule has 0 bridgehead atoms. The normalized spacial score (nSPS) is 10.5. The Labute approximate surface area is 162 Å². The Balaban J connectivity index is 1.67. The number of ether oxygens (including phenoxy) is 1. The molecule has 7 heteroatoms. The second-order valence-electron chi connectivity index (χ2n) is 6.44. The molecule has 3 rings (SSSR count). The monoisotopic (exact) mass is 379 g/mol. The quantitative estimate of drug-likeness (QED) is 0.664. The fourth-order valence-electron chi connectivity index (χ4n) is 2.84. The highest BCUT2D eigenvalue weighted by Crippen LogP contribution is 2.23. The summed E-state index contributed by atoms with van der Waals surface area (Å²) in [6.45, 7) is 4.96. The summed E-state index contributed by atoms with van der Waals surface area (Å²) >= 11 is 0. The third-order valence-corrected chi connectivity index (χ3v) is 4.26. The maximum Gasteiger partial charge on any atom is 0.342 e. The van der Waals surface area contributed by atoms with Crippen LogP contribution in [0.3, 0.4) is 0 Å². The largest absolute Gasteiger partial charge is 0.507 e. The minimum Gasteiger partial charge on any atom is -0.507 e. The van der Waals surface area contributed by atoms with Gasteiger partial charge in [0, 0.05) is 0 Å². The minimum atomic E-state index is -0.763. The standard InChI is InChI=1S/C21H21N3O4/c1-13-9-10-17(18(25)11-13)21(27)28-12-19(26)22-20-14(2)23-24(15(20)3)16-7-5-4-6-8-16/h4-11,25H,12H2,1-3H3,(H,22,26). The van der Waals surface area contributed by atoms with Crippen LogP contribution in [0.5, 0.6) is 5.75 Å². The van der Waals surface area contributed by atoms with Gasteiger partial charge in [0.15, 0.2) is 6.61 Å². The van der Waals surface area contributed by atoms with Gasteiger partial charge in [-0.05, 0) is 50.6 Å². The molecule has 0 aliphatic rings. The number of phenolic OH excluding ortho intramolecular Hbond substituents is 1. The van der Waals surface area contributed by atoms with Crippen LogP contribution >= 0.6 is 0 Å². The third kappa shape index (κ3) is 4.03. The molecule has 1 amide bonds. The Kier molecular flexibility index (Phi) is 5.44. The van der Waals surface area contributed by atoms with Gasteiger partial charge in [-0.2, -0.15) is 5.10 Å². The number of aromatic hydroxyl groups is 1. The molecule has 0 saturated heterocycles. The van der Waals surface area contributed by atoms with Crippen molar-refractivity contribution in [2.75, 3.05) is 11.9 Å². The van der Waals surface area contributed by atoms with Crippen molar-refractivity contribution in [2.24, 2.45) is 0 Å². The number of amides is 1. The van der Waals surface area contributed by atoms with Crippen molar-refractivity contribution < 1.29 is 19.4 Å². The minimum absolute atomic E-state index is 0.0164. The van der Waals surface area contributed by atoms with E-state index in [1.807, 2.05) is 37.3 Å². The molecule has 28 heavy (non-hydrogen) atoms. The first kappa shape index (κ1) is 19.2. The number of aromatic nitrogens is 2. The van der Waals surface area contributed by atoms with Gasteiger partial charge in [0.25, 0.3) is 5.91 Å². The van der Waals surface area contributed by atoms with E-state index in [1.165, 1.54) is 12.1 Å². The number of nitrogens with one attached hydrogen (secondary N) is 1. The number of esters is 1. The van der Waals surface area contributed by atoms with E-state index in [1.54, 1.807) is 24.6 Å². The number of hydrogen-bond donors (Lipinski definition) is 2. The maximum atomic E-state index is 12.2. The second kappa shape index (κ2) is 7.96. The Morgan fingerprint density at radius 1 is 1.11 bits per heavy atom. The van der Waals surface area contributed by atoms with E-state index in [4.69, 9.17) is 4.74 Å². The van der Waals surface area contributed by atoms with Crippen LogP contribution in [0.15, 0.2) is 48.5 Å². The third-order valence-electron chi connectivity index (χ3n) is 4.26. The number of carbonyl (C=O) groups excluding carboxylic acids is 2. The van der Waals surface area contributed by atoms with Crippen molar-refractivity contribution in [3.63, 3.8) is 0 Å². The first-order valence-corrected chi connectivity index (χ1v) is 8.75. The maximum absolute atomic E-state index is 12.2. The molecule has 1 aromatic heterocycles. The van der Waals surface area contributed by atoms with Crippen molar-refractivity contribution in [3.8, 4) is 11.4 Å². The van der Waals surface area contributed by atoms with Gasteiger partial charge in [-0.1, -0.05) is 24.3 Å². The lowest BCUT2D eigenvalue weighted by molar-refractivity contribution is -0.119. The van der Waals surface area contributed by atoms with Gasteiger partial charge in [-0.25, -0.2) is 9.48 Å². The molecule has 144 valence electrons. The van der Waals surface area contributed by atoms with Gasteiger partial charge >= 0.3 is 5.97 Å². The van der Waals surface area contributed by atoms with Gasteiger partial charge in [-0.3, -0.25) is 4.79 Å². The molecule has 0 saturated carbocycles. The van der Waals surface area contributed by atoms with Crippen LogP contribution < -0.4 is 5.32 Å². The smallest absolute Gasteiger partial charge is 0.342 e. The van der Waals surface area contributed by atoms with Crippen LogP contribution in [-0.4, -0.2) is 33.4 Å². The van der Waals surface area contributed by atoms with Crippen molar-refractivity contribution >= 4 is 17.6 Å². The Hall–Kier alpha value is -3.61. The Bertz CT molecular complexity index is 1030. The van der Waals surface area contributed by atoms with Gasteiger partial charge in [0.1, 0.15) is 11.3 Å². The van der Waals surface area contributed by atoms with Gasteiger partial charge in [0.2, 0.25) is 0 Å². The number of aryl methyl sites for hydroxylation is 2. The first-order valence-electron chi connectivity index (χ1n) is 8.75. The van der Waals surface area contributed by atoms with E-state index in [0.717, 1.165) is 16.9 Å². The number of rotatable bonds is 5. The van der Waals surface area contributed by atoms with Crippen molar-refractivity contribution in [3.05, 3.63) is 71.0 Å². The highest BCUT2D eigenvalue weighted by atomic mass is 16.5. The van der Waals surface area contributed by atoms with Crippen molar-refractivity contribution in [1.29, 1.82) is 0 Å². The fourth-order valence-corrected chi connectivity index (χ4v) is 2.84.